The highest BCUT2D eigenvalue weighted by Gasteiger charge is 2.13. The Morgan fingerprint density at radius 2 is 2.24 bits per heavy atom. The van der Waals surface area contributed by atoms with Gasteiger partial charge in [0.15, 0.2) is 5.16 Å². The molecule has 0 aliphatic heterocycles. The van der Waals surface area contributed by atoms with Crippen molar-refractivity contribution < 1.29 is 0 Å². The zero-order valence-electron chi connectivity index (χ0n) is 10.5. The van der Waals surface area contributed by atoms with Crippen LogP contribution in [0.5, 0.6) is 0 Å². The Hall–Kier alpha value is -1.23. The zero-order chi connectivity index (χ0) is 12.3. The first-order chi connectivity index (χ1) is 8.24. The van der Waals surface area contributed by atoms with E-state index in [9.17, 15) is 0 Å². The van der Waals surface area contributed by atoms with Gasteiger partial charge in [0.05, 0.1) is 0 Å². The molecule has 0 saturated heterocycles. The van der Waals surface area contributed by atoms with Crippen molar-refractivity contribution in [3.05, 3.63) is 23.0 Å². The summed E-state index contributed by atoms with van der Waals surface area (Å²) in [6.45, 7) is 2.97. The summed E-state index contributed by atoms with van der Waals surface area (Å²) in [5, 5.41) is 7.37. The number of nitrogens with zero attached hydrogens (tertiary/aromatic N) is 2. The van der Waals surface area contributed by atoms with Gasteiger partial charge in [-0.3, -0.25) is 0 Å². The molecule has 4 nitrogen and oxygen atoms in total. The van der Waals surface area contributed by atoms with E-state index in [1.54, 1.807) is 11.8 Å². The van der Waals surface area contributed by atoms with Gasteiger partial charge in [-0.15, -0.1) is 0 Å². The Labute approximate surface area is 106 Å². The fourth-order valence-electron chi connectivity index (χ4n) is 1.78. The summed E-state index contributed by atoms with van der Waals surface area (Å²) in [5.41, 5.74) is 3.95. The molecular formula is C12H18N4S. The molecule has 0 aromatic carbocycles. The van der Waals surface area contributed by atoms with Crippen molar-refractivity contribution in [1.29, 1.82) is 0 Å². The van der Waals surface area contributed by atoms with Crippen LogP contribution in [0.4, 0.5) is 5.82 Å². The molecule has 0 bridgehead atoms. The molecule has 1 heterocycles. The first-order valence-electron chi connectivity index (χ1n) is 5.74. The Kier molecular flexibility index (Phi) is 3.89. The number of hydrogen-bond donors (Lipinski definition) is 2. The molecule has 1 aromatic rings. The van der Waals surface area contributed by atoms with Gasteiger partial charge in [-0.25, -0.2) is 9.97 Å². The summed E-state index contributed by atoms with van der Waals surface area (Å²) in [6.07, 6.45) is 6.27. The standard InChI is InChI=1S/C12H18N4S/c1-8-4-5-10(8)14-6-9-7-15-12(17-3)16-11(9)13-2/h7,14H,4-6H2,1-3H3,(H,13,15,16). The van der Waals surface area contributed by atoms with Crippen molar-refractivity contribution in [2.24, 2.45) is 0 Å². The quantitative estimate of drug-likeness (QED) is 0.621. The largest absolute Gasteiger partial charge is 0.384 e. The van der Waals surface area contributed by atoms with Crippen molar-refractivity contribution in [2.45, 2.75) is 31.5 Å². The Balaban J connectivity index is 2.07. The third-order valence-corrected chi connectivity index (χ3v) is 3.58. The molecule has 17 heavy (non-hydrogen) atoms. The molecule has 1 aromatic heterocycles. The molecule has 0 spiro atoms. The van der Waals surface area contributed by atoms with E-state index in [0.29, 0.717) is 0 Å². The van der Waals surface area contributed by atoms with E-state index in [1.807, 2.05) is 19.5 Å². The van der Waals surface area contributed by atoms with Crippen molar-refractivity contribution in [1.82, 2.24) is 15.3 Å². The fraction of sp³-hybridized carbons (Fsp3) is 0.500. The van der Waals surface area contributed by atoms with Gasteiger partial charge in [-0.2, -0.15) is 0 Å². The number of aromatic nitrogens is 2. The van der Waals surface area contributed by atoms with Crippen LogP contribution in [-0.2, 0) is 6.54 Å². The summed E-state index contributed by atoms with van der Waals surface area (Å²) in [4.78, 5) is 8.74. The van der Waals surface area contributed by atoms with Crippen LogP contribution in [0.2, 0.25) is 0 Å². The van der Waals surface area contributed by atoms with E-state index in [0.717, 1.165) is 23.1 Å². The fourth-order valence-corrected chi connectivity index (χ4v) is 2.12. The second kappa shape index (κ2) is 5.40. The van der Waals surface area contributed by atoms with Gasteiger partial charge >= 0.3 is 0 Å². The van der Waals surface area contributed by atoms with Gasteiger partial charge in [0.2, 0.25) is 0 Å². The predicted molar refractivity (Wildman–Crippen MR) is 72.1 cm³/mol. The molecule has 2 rings (SSSR count). The Morgan fingerprint density at radius 1 is 1.41 bits per heavy atom. The molecule has 0 unspecified atom stereocenters. The van der Waals surface area contributed by atoms with Crippen molar-refractivity contribution in [2.75, 3.05) is 18.6 Å². The number of rotatable bonds is 5. The van der Waals surface area contributed by atoms with Crippen molar-refractivity contribution in [3.63, 3.8) is 0 Å². The lowest BCUT2D eigenvalue weighted by molar-refractivity contribution is 0.659. The molecular weight excluding hydrogens is 232 g/mol. The van der Waals surface area contributed by atoms with E-state index in [4.69, 9.17) is 0 Å². The molecule has 0 saturated carbocycles. The van der Waals surface area contributed by atoms with Crippen LogP contribution >= 0.6 is 11.8 Å². The summed E-state index contributed by atoms with van der Waals surface area (Å²) in [6, 6.07) is 0. The summed E-state index contributed by atoms with van der Waals surface area (Å²) in [5.74, 6) is 0.912. The highest BCUT2D eigenvalue weighted by molar-refractivity contribution is 7.98. The van der Waals surface area contributed by atoms with Crippen LogP contribution in [0.3, 0.4) is 0 Å². The second-order valence-corrected chi connectivity index (χ2v) is 4.87. The molecule has 0 atom stereocenters. The first kappa shape index (κ1) is 12.2. The van der Waals surface area contributed by atoms with Gasteiger partial charge in [-0.1, -0.05) is 17.3 Å². The third-order valence-electron chi connectivity index (χ3n) is 3.02. The van der Waals surface area contributed by atoms with Crippen LogP contribution in [0, 0.1) is 0 Å². The lowest BCUT2D eigenvalue weighted by atomic mass is 9.96. The van der Waals surface area contributed by atoms with Crippen LogP contribution in [0.1, 0.15) is 25.3 Å². The summed E-state index contributed by atoms with van der Waals surface area (Å²) >= 11 is 1.56. The normalized spacial score (nSPS) is 14.5. The summed E-state index contributed by atoms with van der Waals surface area (Å²) in [7, 11) is 1.89. The minimum atomic E-state index is 0.789. The van der Waals surface area contributed by atoms with Crippen molar-refractivity contribution in [3.8, 4) is 0 Å². The molecule has 0 amide bonds. The zero-order valence-corrected chi connectivity index (χ0v) is 11.3. The van der Waals surface area contributed by atoms with E-state index < -0.39 is 0 Å². The number of allylic oxidation sites excluding steroid dienone is 2. The van der Waals surface area contributed by atoms with E-state index >= 15 is 0 Å². The number of nitrogens with one attached hydrogen (secondary N) is 2. The number of anilines is 1. The lowest BCUT2D eigenvalue weighted by Crippen LogP contribution is -2.20. The number of thioether (sulfide) groups is 1. The molecule has 92 valence electrons. The molecule has 2 N–H and O–H groups in total. The topological polar surface area (TPSA) is 49.8 Å². The second-order valence-electron chi connectivity index (χ2n) is 4.09. The molecule has 1 aliphatic carbocycles. The average Bonchev–Trinajstić information content (AvgIpc) is 2.37. The minimum absolute atomic E-state index is 0.789. The van der Waals surface area contributed by atoms with Gasteiger partial charge in [0, 0.05) is 31.0 Å². The highest BCUT2D eigenvalue weighted by atomic mass is 32.2. The van der Waals surface area contributed by atoms with Gasteiger partial charge in [0.1, 0.15) is 5.82 Å². The lowest BCUT2D eigenvalue weighted by Gasteiger charge is -2.22. The Morgan fingerprint density at radius 3 is 2.76 bits per heavy atom. The molecule has 5 heteroatoms. The predicted octanol–water partition coefficient (Wildman–Crippen LogP) is 2.40. The smallest absolute Gasteiger partial charge is 0.189 e. The number of hydrogen-bond acceptors (Lipinski definition) is 5. The SMILES string of the molecule is CNc1nc(SC)ncc1CNC1=C(C)CC1. The first-order valence-corrected chi connectivity index (χ1v) is 6.97. The van der Waals surface area contributed by atoms with E-state index in [2.05, 4.69) is 27.5 Å². The maximum absolute atomic E-state index is 4.44. The van der Waals surface area contributed by atoms with E-state index in [1.165, 1.54) is 24.1 Å². The average molecular weight is 250 g/mol. The van der Waals surface area contributed by atoms with Gasteiger partial charge in [0.25, 0.3) is 0 Å². The Bertz CT molecular complexity index is 442. The van der Waals surface area contributed by atoms with Crippen LogP contribution < -0.4 is 10.6 Å². The maximum Gasteiger partial charge on any atom is 0.189 e. The summed E-state index contributed by atoms with van der Waals surface area (Å²) < 4.78 is 0. The van der Waals surface area contributed by atoms with Crippen LogP contribution in [-0.4, -0.2) is 23.3 Å². The van der Waals surface area contributed by atoms with Crippen LogP contribution in [0.25, 0.3) is 0 Å². The van der Waals surface area contributed by atoms with E-state index in [-0.39, 0.29) is 0 Å². The molecule has 0 radical (unpaired) electrons. The van der Waals surface area contributed by atoms with Crippen molar-refractivity contribution >= 4 is 17.6 Å². The maximum atomic E-state index is 4.44. The van der Waals surface area contributed by atoms with Crippen LogP contribution in [0.15, 0.2) is 22.6 Å². The van der Waals surface area contributed by atoms with Gasteiger partial charge in [-0.05, 0) is 26.0 Å². The molecule has 1 aliphatic rings. The molecule has 0 fully saturated rings. The van der Waals surface area contributed by atoms with Gasteiger partial charge < -0.3 is 10.6 Å². The highest BCUT2D eigenvalue weighted by Crippen LogP contribution is 2.25. The third kappa shape index (κ3) is 2.72. The minimum Gasteiger partial charge on any atom is -0.384 e. The monoisotopic (exact) mass is 250 g/mol.